The van der Waals surface area contributed by atoms with E-state index in [2.05, 4.69) is 40.3 Å². The van der Waals surface area contributed by atoms with Crippen LogP contribution in [0.5, 0.6) is 5.75 Å². The molecule has 0 aliphatic carbocycles. The third-order valence-corrected chi connectivity index (χ3v) is 4.61. The number of fused-ring (bicyclic) bond motifs is 1. The van der Waals surface area contributed by atoms with Crippen LogP contribution in [0.2, 0.25) is 0 Å². The van der Waals surface area contributed by atoms with Gasteiger partial charge in [-0.1, -0.05) is 15.9 Å². The molecule has 0 spiro atoms. The quantitative estimate of drug-likeness (QED) is 0.926. The van der Waals surface area contributed by atoms with Gasteiger partial charge in [0.1, 0.15) is 11.9 Å². The fraction of sp³-hybridized carbons (Fsp3) is 0.600. The van der Waals surface area contributed by atoms with Crippen molar-refractivity contribution in [2.24, 2.45) is 0 Å². The molecule has 0 amide bonds. The molecule has 1 fully saturated rings. The first-order chi connectivity index (χ1) is 9.15. The topological polar surface area (TPSA) is 30.5 Å². The molecule has 1 atom stereocenters. The Morgan fingerprint density at radius 1 is 1.37 bits per heavy atom. The molecule has 0 aromatic heterocycles. The predicted octanol–water partition coefficient (Wildman–Crippen LogP) is 2.91. The lowest BCUT2D eigenvalue weighted by Gasteiger charge is -2.35. The van der Waals surface area contributed by atoms with Crippen LogP contribution in [0.25, 0.3) is 0 Å². The lowest BCUT2D eigenvalue weighted by molar-refractivity contribution is 0.0413. The van der Waals surface area contributed by atoms with E-state index in [4.69, 9.17) is 9.47 Å². The fourth-order valence-electron chi connectivity index (χ4n) is 2.76. The Labute approximate surface area is 122 Å². The summed E-state index contributed by atoms with van der Waals surface area (Å²) in [7, 11) is 0. The van der Waals surface area contributed by atoms with Crippen molar-refractivity contribution < 1.29 is 9.47 Å². The monoisotopic (exact) mass is 325 g/mol. The first-order valence-electron chi connectivity index (χ1n) is 6.92. The highest BCUT2D eigenvalue weighted by molar-refractivity contribution is 9.10. The van der Waals surface area contributed by atoms with E-state index in [1.807, 2.05) is 6.07 Å². The minimum atomic E-state index is 0.205. The number of halogens is 1. The van der Waals surface area contributed by atoms with Gasteiger partial charge in [0.15, 0.2) is 0 Å². The van der Waals surface area contributed by atoms with Gasteiger partial charge >= 0.3 is 0 Å². The molecule has 0 radical (unpaired) electrons. The molecule has 1 unspecified atom stereocenters. The summed E-state index contributed by atoms with van der Waals surface area (Å²) in [6.45, 7) is 4.92. The van der Waals surface area contributed by atoms with Crippen molar-refractivity contribution >= 4 is 15.9 Å². The Morgan fingerprint density at radius 3 is 2.95 bits per heavy atom. The van der Waals surface area contributed by atoms with Crippen molar-refractivity contribution in [1.82, 2.24) is 5.32 Å². The molecular formula is C15H20BrNO2. The van der Waals surface area contributed by atoms with Gasteiger partial charge in [-0.05, 0) is 43.5 Å². The van der Waals surface area contributed by atoms with E-state index in [-0.39, 0.29) is 11.6 Å². The van der Waals surface area contributed by atoms with Gasteiger partial charge in [-0.15, -0.1) is 0 Å². The van der Waals surface area contributed by atoms with Crippen molar-refractivity contribution in [3.8, 4) is 5.75 Å². The van der Waals surface area contributed by atoms with Gasteiger partial charge in [0.2, 0.25) is 0 Å². The van der Waals surface area contributed by atoms with Gasteiger partial charge in [-0.3, -0.25) is 0 Å². The average molecular weight is 326 g/mol. The molecule has 19 heavy (non-hydrogen) atoms. The van der Waals surface area contributed by atoms with Crippen molar-refractivity contribution in [3.05, 3.63) is 28.2 Å². The molecule has 2 heterocycles. The van der Waals surface area contributed by atoms with Crippen LogP contribution < -0.4 is 10.1 Å². The molecule has 4 heteroatoms. The summed E-state index contributed by atoms with van der Waals surface area (Å²) in [5, 5.41) is 3.67. The van der Waals surface area contributed by atoms with E-state index in [1.54, 1.807) is 0 Å². The third kappa shape index (κ3) is 3.12. The smallest absolute Gasteiger partial charge is 0.123 e. The SMILES string of the molecule is CC1(NCC2Cc3cc(Br)ccc3O2)CCOCC1. The number of ether oxygens (including phenoxy) is 2. The number of hydrogen-bond acceptors (Lipinski definition) is 3. The van der Waals surface area contributed by atoms with Crippen LogP contribution in [0, 0.1) is 0 Å². The van der Waals surface area contributed by atoms with Gasteiger partial charge < -0.3 is 14.8 Å². The van der Waals surface area contributed by atoms with E-state index in [9.17, 15) is 0 Å². The maximum Gasteiger partial charge on any atom is 0.123 e. The van der Waals surface area contributed by atoms with E-state index in [0.29, 0.717) is 0 Å². The summed E-state index contributed by atoms with van der Waals surface area (Å²) in [5.41, 5.74) is 1.51. The molecule has 104 valence electrons. The van der Waals surface area contributed by atoms with Gasteiger partial charge in [0.05, 0.1) is 0 Å². The summed E-state index contributed by atoms with van der Waals surface area (Å²) < 4.78 is 12.5. The van der Waals surface area contributed by atoms with Crippen LogP contribution in [0.4, 0.5) is 0 Å². The molecule has 3 rings (SSSR count). The van der Waals surface area contributed by atoms with E-state index < -0.39 is 0 Å². The molecule has 2 aliphatic rings. The van der Waals surface area contributed by atoms with Gasteiger partial charge in [-0.2, -0.15) is 0 Å². The second kappa shape index (κ2) is 5.43. The fourth-order valence-corrected chi connectivity index (χ4v) is 3.17. The molecule has 1 N–H and O–H groups in total. The molecule has 1 aromatic carbocycles. The Bertz CT molecular complexity index is 457. The summed E-state index contributed by atoms with van der Waals surface area (Å²) in [4.78, 5) is 0. The van der Waals surface area contributed by atoms with Crippen LogP contribution >= 0.6 is 15.9 Å². The number of rotatable bonds is 3. The molecule has 0 bridgehead atoms. The maximum atomic E-state index is 5.98. The summed E-state index contributed by atoms with van der Waals surface area (Å²) in [6.07, 6.45) is 3.41. The molecule has 2 aliphatic heterocycles. The van der Waals surface area contributed by atoms with Crippen LogP contribution in [0.1, 0.15) is 25.3 Å². The van der Waals surface area contributed by atoms with Crippen LogP contribution in [-0.4, -0.2) is 31.4 Å². The van der Waals surface area contributed by atoms with Crippen molar-refractivity contribution in [2.45, 2.75) is 37.8 Å². The highest BCUT2D eigenvalue weighted by Gasteiger charge is 2.29. The minimum Gasteiger partial charge on any atom is -0.488 e. The molecule has 0 saturated carbocycles. The summed E-state index contributed by atoms with van der Waals surface area (Å²) >= 11 is 3.51. The second-order valence-corrected chi connectivity index (χ2v) is 6.67. The standard InChI is InChI=1S/C15H20BrNO2/c1-15(4-6-18-7-5-15)17-10-13-9-11-8-12(16)2-3-14(11)19-13/h2-3,8,13,17H,4-7,9-10H2,1H3. The van der Waals surface area contributed by atoms with Crippen molar-refractivity contribution in [2.75, 3.05) is 19.8 Å². The Morgan fingerprint density at radius 2 is 2.16 bits per heavy atom. The highest BCUT2D eigenvalue weighted by Crippen LogP contribution is 2.31. The zero-order valence-electron chi connectivity index (χ0n) is 11.2. The molecule has 1 aromatic rings. The predicted molar refractivity (Wildman–Crippen MR) is 78.7 cm³/mol. The van der Waals surface area contributed by atoms with Crippen LogP contribution in [0.15, 0.2) is 22.7 Å². The van der Waals surface area contributed by atoms with E-state index >= 15 is 0 Å². The second-order valence-electron chi connectivity index (χ2n) is 5.75. The summed E-state index contributed by atoms with van der Waals surface area (Å²) in [6, 6.07) is 6.25. The Kier molecular flexibility index (Phi) is 3.83. The number of nitrogens with one attached hydrogen (secondary N) is 1. The molecule has 3 nitrogen and oxygen atoms in total. The van der Waals surface area contributed by atoms with Crippen molar-refractivity contribution in [1.29, 1.82) is 0 Å². The average Bonchev–Trinajstić information content (AvgIpc) is 2.79. The Balaban J connectivity index is 1.55. The number of hydrogen-bond donors (Lipinski definition) is 1. The molecule has 1 saturated heterocycles. The number of benzene rings is 1. The lowest BCUT2D eigenvalue weighted by Crippen LogP contribution is -2.50. The van der Waals surface area contributed by atoms with Crippen LogP contribution in [0.3, 0.4) is 0 Å². The van der Waals surface area contributed by atoms with E-state index in [1.165, 1.54) is 5.56 Å². The lowest BCUT2D eigenvalue weighted by atomic mass is 9.92. The minimum absolute atomic E-state index is 0.205. The normalized spacial score (nSPS) is 24.8. The van der Waals surface area contributed by atoms with Gasteiger partial charge in [-0.25, -0.2) is 0 Å². The zero-order chi connectivity index (χ0) is 13.3. The third-order valence-electron chi connectivity index (χ3n) is 4.12. The first kappa shape index (κ1) is 13.4. The van der Waals surface area contributed by atoms with Gasteiger partial charge in [0, 0.05) is 36.2 Å². The van der Waals surface area contributed by atoms with Crippen LogP contribution in [-0.2, 0) is 11.2 Å². The largest absolute Gasteiger partial charge is 0.488 e. The molecular weight excluding hydrogens is 306 g/mol. The maximum absolute atomic E-state index is 5.98. The zero-order valence-corrected chi connectivity index (χ0v) is 12.8. The Hall–Kier alpha value is -0.580. The van der Waals surface area contributed by atoms with E-state index in [0.717, 1.165) is 49.2 Å². The van der Waals surface area contributed by atoms with Gasteiger partial charge in [0.25, 0.3) is 0 Å². The highest BCUT2D eigenvalue weighted by atomic mass is 79.9. The van der Waals surface area contributed by atoms with Crippen molar-refractivity contribution in [3.63, 3.8) is 0 Å². The first-order valence-corrected chi connectivity index (χ1v) is 7.72. The summed E-state index contributed by atoms with van der Waals surface area (Å²) in [5.74, 6) is 1.03.